The Bertz CT molecular complexity index is 1110. The number of carbonyl (C=O) groups is 2. The number of aromatic carboxylic acids is 2. The molecule has 32 heavy (non-hydrogen) atoms. The van der Waals surface area contributed by atoms with Crippen molar-refractivity contribution in [2.75, 3.05) is 14.2 Å². The standard InChI is InChI=1S/2C10H9N3O3/c1-16-7-2-3-8(10(14)15)9(6-7)13-5-4-11-12-13;1-16-7-2-3-8(10(14)15)9(6-7)13-11-4-5-12-13/h2*2-6H,1H3,(H,14,15). The number of nitrogens with zero attached hydrogens (tertiary/aromatic N) is 6. The zero-order valence-corrected chi connectivity index (χ0v) is 17.0. The molecule has 0 spiro atoms. The van der Waals surface area contributed by atoms with Crippen molar-refractivity contribution >= 4 is 11.9 Å². The lowest BCUT2D eigenvalue weighted by Crippen LogP contribution is -2.08. The summed E-state index contributed by atoms with van der Waals surface area (Å²) >= 11 is 0. The van der Waals surface area contributed by atoms with Crippen LogP contribution in [0.25, 0.3) is 11.4 Å². The molecule has 0 aliphatic rings. The molecule has 0 fully saturated rings. The highest BCUT2D eigenvalue weighted by Gasteiger charge is 2.14. The Morgan fingerprint density at radius 3 is 1.81 bits per heavy atom. The third-order valence-corrected chi connectivity index (χ3v) is 4.17. The molecule has 0 amide bonds. The van der Waals surface area contributed by atoms with Crippen LogP contribution in [0.3, 0.4) is 0 Å². The van der Waals surface area contributed by atoms with E-state index < -0.39 is 11.9 Å². The highest BCUT2D eigenvalue weighted by molar-refractivity contribution is 5.92. The van der Waals surface area contributed by atoms with E-state index in [1.54, 1.807) is 30.5 Å². The van der Waals surface area contributed by atoms with Crippen molar-refractivity contribution in [2.24, 2.45) is 0 Å². The molecule has 0 atom stereocenters. The lowest BCUT2D eigenvalue weighted by Gasteiger charge is -2.07. The highest BCUT2D eigenvalue weighted by Crippen LogP contribution is 2.21. The summed E-state index contributed by atoms with van der Waals surface area (Å²) in [6.07, 6.45) is 6.00. The summed E-state index contributed by atoms with van der Waals surface area (Å²) in [5.74, 6) is -0.934. The highest BCUT2D eigenvalue weighted by atomic mass is 16.5. The molecule has 0 aliphatic carbocycles. The van der Waals surface area contributed by atoms with Crippen LogP contribution in [0.1, 0.15) is 20.7 Å². The summed E-state index contributed by atoms with van der Waals surface area (Å²) in [6, 6.07) is 9.26. The van der Waals surface area contributed by atoms with Gasteiger partial charge in [0.2, 0.25) is 0 Å². The average Bonchev–Trinajstić information content (AvgIpc) is 3.53. The number of carboxylic acid groups (broad SMARTS) is 2. The third kappa shape index (κ3) is 4.87. The Balaban J connectivity index is 0.000000181. The maximum atomic E-state index is 11.0. The van der Waals surface area contributed by atoms with Crippen LogP contribution in [-0.2, 0) is 0 Å². The zero-order chi connectivity index (χ0) is 23.1. The largest absolute Gasteiger partial charge is 0.497 e. The van der Waals surface area contributed by atoms with Gasteiger partial charge in [0.25, 0.3) is 0 Å². The molecule has 4 rings (SSSR count). The molecule has 164 valence electrons. The van der Waals surface area contributed by atoms with E-state index in [0.29, 0.717) is 22.9 Å². The fraction of sp³-hybridized carbons (Fsp3) is 0.100. The molecule has 0 saturated carbocycles. The number of hydrogen-bond donors (Lipinski definition) is 2. The third-order valence-electron chi connectivity index (χ3n) is 4.17. The van der Waals surface area contributed by atoms with E-state index in [9.17, 15) is 9.59 Å². The summed E-state index contributed by atoms with van der Waals surface area (Å²) in [5.41, 5.74) is 1.06. The molecular weight excluding hydrogens is 420 g/mol. The summed E-state index contributed by atoms with van der Waals surface area (Å²) in [5, 5.41) is 33.2. The molecule has 2 aromatic heterocycles. The van der Waals surface area contributed by atoms with Gasteiger partial charge in [0.05, 0.1) is 55.8 Å². The van der Waals surface area contributed by atoms with Gasteiger partial charge in [0, 0.05) is 12.1 Å². The van der Waals surface area contributed by atoms with E-state index in [4.69, 9.17) is 19.7 Å². The zero-order valence-electron chi connectivity index (χ0n) is 17.0. The molecule has 4 aromatic rings. The van der Waals surface area contributed by atoms with E-state index in [1.807, 2.05) is 0 Å². The maximum absolute atomic E-state index is 11.0. The topological polar surface area (TPSA) is 154 Å². The number of hydrogen-bond acceptors (Lipinski definition) is 8. The van der Waals surface area contributed by atoms with E-state index in [1.165, 1.54) is 54.4 Å². The van der Waals surface area contributed by atoms with Crippen molar-refractivity contribution in [1.29, 1.82) is 0 Å². The van der Waals surface area contributed by atoms with E-state index in [-0.39, 0.29) is 11.1 Å². The second-order valence-corrected chi connectivity index (χ2v) is 6.04. The molecule has 2 heterocycles. The van der Waals surface area contributed by atoms with Crippen LogP contribution in [0.4, 0.5) is 0 Å². The second-order valence-electron chi connectivity index (χ2n) is 6.04. The average molecular weight is 438 g/mol. The van der Waals surface area contributed by atoms with Gasteiger partial charge < -0.3 is 19.7 Å². The number of benzene rings is 2. The Morgan fingerprint density at radius 1 is 0.812 bits per heavy atom. The predicted molar refractivity (Wildman–Crippen MR) is 110 cm³/mol. The lowest BCUT2D eigenvalue weighted by molar-refractivity contribution is 0.0685. The van der Waals surface area contributed by atoms with Gasteiger partial charge in [-0.25, -0.2) is 14.3 Å². The Labute approximate surface area is 181 Å². The van der Waals surface area contributed by atoms with Crippen LogP contribution in [0.15, 0.2) is 61.2 Å². The predicted octanol–water partition coefficient (Wildman–Crippen LogP) is 1.95. The van der Waals surface area contributed by atoms with Gasteiger partial charge in [0.15, 0.2) is 0 Å². The van der Waals surface area contributed by atoms with Crippen molar-refractivity contribution in [3.8, 4) is 22.9 Å². The first-order valence-corrected chi connectivity index (χ1v) is 9.00. The van der Waals surface area contributed by atoms with Crippen molar-refractivity contribution in [3.05, 3.63) is 72.3 Å². The monoisotopic (exact) mass is 438 g/mol. The van der Waals surface area contributed by atoms with Crippen molar-refractivity contribution in [2.45, 2.75) is 0 Å². The smallest absolute Gasteiger partial charge is 0.337 e. The van der Waals surface area contributed by atoms with Crippen molar-refractivity contribution in [3.63, 3.8) is 0 Å². The normalized spacial score (nSPS) is 10.1. The quantitative estimate of drug-likeness (QED) is 0.456. The number of carboxylic acids is 2. The number of methoxy groups -OCH3 is 2. The van der Waals surface area contributed by atoms with Crippen LogP contribution in [-0.4, -0.2) is 66.4 Å². The summed E-state index contributed by atoms with van der Waals surface area (Å²) in [6.45, 7) is 0. The van der Waals surface area contributed by atoms with Gasteiger partial charge in [-0.15, -0.1) is 5.10 Å². The van der Waals surface area contributed by atoms with Crippen LogP contribution in [0.5, 0.6) is 11.5 Å². The minimum atomic E-state index is -1.03. The number of ether oxygens (including phenoxy) is 2. The molecule has 2 aromatic carbocycles. The van der Waals surface area contributed by atoms with Gasteiger partial charge in [0.1, 0.15) is 17.2 Å². The minimum Gasteiger partial charge on any atom is -0.497 e. The Hall–Kier alpha value is -4.74. The summed E-state index contributed by atoms with van der Waals surface area (Å²) in [4.78, 5) is 23.3. The van der Waals surface area contributed by atoms with Crippen LogP contribution >= 0.6 is 0 Å². The van der Waals surface area contributed by atoms with Gasteiger partial charge >= 0.3 is 11.9 Å². The Morgan fingerprint density at radius 2 is 1.34 bits per heavy atom. The van der Waals surface area contributed by atoms with Crippen LogP contribution in [0, 0.1) is 0 Å². The first kappa shape index (κ1) is 22.0. The maximum Gasteiger partial charge on any atom is 0.337 e. The number of aromatic nitrogens is 6. The molecular formula is C20H18N6O6. The summed E-state index contributed by atoms with van der Waals surface area (Å²) < 4.78 is 11.4. The van der Waals surface area contributed by atoms with Crippen LogP contribution < -0.4 is 9.47 Å². The van der Waals surface area contributed by atoms with Crippen molar-refractivity contribution in [1.82, 2.24) is 30.0 Å². The van der Waals surface area contributed by atoms with E-state index in [2.05, 4.69) is 20.5 Å². The van der Waals surface area contributed by atoms with Gasteiger partial charge in [-0.05, 0) is 24.3 Å². The minimum absolute atomic E-state index is 0.122. The van der Waals surface area contributed by atoms with Crippen LogP contribution in [0.2, 0.25) is 0 Å². The molecule has 12 heteroatoms. The molecule has 0 unspecified atom stereocenters. The fourth-order valence-electron chi connectivity index (χ4n) is 2.67. The van der Waals surface area contributed by atoms with E-state index in [0.717, 1.165) is 0 Å². The lowest BCUT2D eigenvalue weighted by atomic mass is 10.1. The van der Waals surface area contributed by atoms with Gasteiger partial charge in [-0.3, -0.25) is 0 Å². The first-order chi connectivity index (χ1) is 15.4. The van der Waals surface area contributed by atoms with Crippen molar-refractivity contribution < 1.29 is 29.3 Å². The summed E-state index contributed by atoms with van der Waals surface area (Å²) in [7, 11) is 3.02. The van der Waals surface area contributed by atoms with E-state index >= 15 is 0 Å². The molecule has 12 nitrogen and oxygen atoms in total. The molecule has 0 bridgehead atoms. The first-order valence-electron chi connectivity index (χ1n) is 9.00. The van der Waals surface area contributed by atoms with Gasteiger partial charge in [-0.2, -0.15) is 15.0 Å². The Kier molecular flexibility index (Phi) is 6.75. The molecule has 0 saturated heterocycles. The molecule has 0 radical (unpaired) electrons. The number of rotatable bonds is 6. The molecule has 0 aliphatic heterocycles. The SMILES string of the molecule is COc1ccc(C(=O)O)c(-n2ccnn2)c1.COc1ccc(C(=O)O)c(-n2nccn2)c1. The second kappa shape index (κ2) is 9.84. The fourth-order valence-corrected chi connectivity index (χ4v) is 2.67. The van der Waals surface area contributed by atoms with Gasteiger partial charge in [-0.1, -0.05) is 5.21 Å². The molecule has 2 N–H and O–H groups in total.